The van der Waals surface area contributed by atoms with Crippen LogP contribution in [0, 0.1) is 20.8 Å². The summed E-state index contributed by atoms with van der Waals surface area (Å²) in [5, 5.41) is 0. The number of anilines is 3. The molecule has 0 radical (unpaired) electrons. The van der Waals surface area contributed by atoms with Crippen LogP contribution in [0.25, 0.3) is 23.3 Å². The first kappa shape index (κ1) is 23.4. The highest BCUT2D eigenvalue weighted by atomic mass is 15.1. The Morgan fingerprint density at radius 3 is 1.03 bits per heavy atom. The number of aryl methyl sites for hydroxylation is 3. The van der Waals surface area contributed by atoms with Crippen molar-refractivity contribution < 1.29 is 0 Å². The first-order valence-corrected chi connectivity index (χ1v) is 12.4. The van der Waals surface area contributed by atoms with Gasteiger partial charge in [-0.25, -0.2) is 0 Å². The van der Waals surface area contributed by atoms with Crippen LogP contribution in [0.2, 0.25) is 0 Å². The van der Waals surface area contributed by atoms with Gasteiger partial charge in [-0.05, 0) is 79.4 Å². The summed E-state index contributed by atoms with van der Waals surface area (Å²) in [4.78, 5) is 2.31. The highest BCUT2D eigenvalue weighted by molar-refractivity contribution is 5.79. The summed E-state index contributed by atoms with van der Waals surface area (Å²) in [6, 6.07) is 43.6. The zero-order valence-corrected chi connectivity index (χ0v) is 21.1. The molecule has 0 spiro atoms. The maximum atomic E-state index is 2.31. The Hall–Kier alpha value is -4.36. The van der Waals surface area contributed by atoms with E-state index in [0.29, 0.717) is 0 Å². The fourth-order valence-corrected chi connectivity index (χ4v) is 4.29. The standard InChI is InChI=1S/C35H31N/c1-26-4-10-29(11-5-26)12-13-30-14-16-31(17-15-30)32-18-24-35(25-19-32)36(33-20-6-27(2)7-21-33)34-22-8-28(3)9-23-34/h4-25H,1-3H3/b13-12+. The average molecular weight is 466 g/mol. The molecule has 0 unspecified atom stereocenters. The zero-order valence-electron chi connectivity index (χ0n) is 21.1. The summed E-state index contributed by atoms with van der Waals surface area (Å²) in [5.41, 5.74) is 12.1. The molecule has 0 aliphatic rings. The van der Waals surface area contributed by atoms with E-state index in [9.17, 15) is 0 Å². The molecule has 0 amide bonds. The van der Waals surface area contributed by atoms with Crippen LogP contribution in [-0.2, 0) is 0 Å². The molecule has 0 heterocycles. The highest BCUT2D eigenvalue weighted by Crippen LogP contribution is 2.35. The Morgan fingerprint density at radius 2 is 0.639 bits per heavy atom. The molecule has 1 heteroatoms. The van der Waals surface area contributed by atoms with Crippen LogP contribution in [0.1, 0.15) is 27.8 Å². The Kier molecular flexibility index (Phi) is 6.82. The normalized spacial score (nSPS) is 11.1. The van der Waals surface area contributed by atoms with Gasteiger partial charge in [0.15, 0.2) is 0 Å². The molecule has 0 saturated carbocycles. The predicted octanol–water partition coefficient (Wildman–Crippen LogP) is 9.92. The predicted molar refractivity (Wildman–Crippen MR) is 156 cm³/mol. The summed E-state index contributed by atoms with van der Waals surface area (Å²) in [6.07, 6.45) is 4.33. The molecule has 0 atom stereocenters. The third kappa shape index (κ3) is 5.47. The summed E-state index contributed by atoms with van der Waals surface area (Å²) in [6.45, 7) is 6.36. The molecular weight excluding hydrogens is 434 g/mol. The fraction of sp³-hybridized carbons (Fsp3) is 0.0857. The van der Waals surface area contributed by atoms with Gasteiger partial charge in [0.05, 0.1) is 0 Å². The largest absolute Gasteiger partial charge is 0.311 e. The molecule has 36 heavy (non-hydrogen) atoms. The third-order valence-corrected chi connectivity index (χ3v) is 6.50. The summed E-state index contributed by atoms with van der Waals surface area (Å²) >= 11 is 0. The van der Waals surface area contributed by atoms with Gasteiger partial charge in [-0.1, -0.05) is 114 Å². The van der Waals surface area contributed by atoms with Crippen molar-refractivity contribution in [2.45, 2.75) is 20.8 Å². The maximum absolute atomic E-state index is 2.31. The minimum Gasteiger partial charge on any atom is -0.311 e. The summed E-state index contributed by atoms with van der Waals surface area (Å²) in [5.74, 6) is 0. The van der Waals surface area contributed by atoms with E-state index < -0.39 is 0 Å². The molecule has 5 rings (SSSR count). The van der Waals surface area contributed by atoms with E-state index in [-0.39, 0.29) is 0 Å². The lowest BCUT2D eigenvalue weighted by Gasteiger charge is -2.26. The molecule has 176 valence electrons. The summed E-state index contributed by atoms with van der Waals surface area (Å²) < 4.78 is 0. The molecule has 0 N–H and O–H groups in total. The first-order valence-electron chi connectivity index (χ1n) is 12.4. The first-order chi connectivity index (χ1) is 17.5. The molecule has 0 aromatic heterocycles. The molecule has 0 bridgehead atoms. The maximum Gasteiger partial charge on any atom is 0.0462 e. The van der Waals surface area contributed by atoms with E-state index in [2.05, 4.69) is 159 Å². The highest BCUT2D eigenvalue weighted by Gasteiger charge is 2.12. The van der Waals surface area contributed by atoms with E-state index in [4.69, 9.17) is 0 Å². The van der Waals surface area contributed by atoms with Crippen LogP contribution in [-0.4, -0.2) is 0 Å². The van der Waals surface area contributed by atoms with Gasteiger partial charge >= 0.3 is 0 Å². The lowest BCUT2D eigenvalue weighted by Crippen LogP contribution is -2.09. The van der Waals surface area contributed by atoms with E-state index >= 15 is 0 Å². The smallest absolute Gasteiger partial charge is 0.0462 e. The molecule has 5 aromatic rings. The van der Waals surface area contributed by atoms with Gasteiger partial charge < -0.3 is 4.90 Å². The van der Waals surface area contributed by atoms with Crippen LogP contribution in [0.15, 0.2) is 121 Å². The van der Waals surface area contributed by atoms with E-state index in [0.717, 1.165) is 17.1 Å². The van der Waals surface area contributed by atoms with Crippen molar-refractivity contribution in [2.24, 2.45) is 0 Å². The van der Waals surface area contributed by atoms with Gasteiger partial charge in [-0.3, -0.25) is 0 Å². The lowest BCUT2D eigenvalue weighted by molar-refractivity contribution is 1.27. The second-order valence-corrected chi connectivity index (χ2v) is 9.42. The van der Waals surface area contributed by atoms with E-state index in [1.807, 2.05) is 0 Å². The van der Waals surface area contributed by atoms with Crippen LogP contribution in [0.4, 0.5) is 17.1 Å². The molecule has 0 aliphatic heterocycles. The fourth-order valence-electron chi connectivity index (χ4n) is 4.29. The van der Waals surface area contributed by atoms with Gasteiger partial charge in [-0.15, -0.1) is 0 Å². The Labute approximate surface area is 215 Å². The molecular formula is C35H31N. The Morgan fingerprint density at radius 1 is 0.361 bits per heavy atom. The second-order valence-electron chi connectivity index (χ2n) is 9.42. The van der Waals surface area contributed by atoms with Gasteiger partial charge in [-0.2, -0.15) is 0 Å². The van der Waals surface area contributed by atoms with Gasteiger partial charge in [0.2, 0.25) is 0 Å². The second kappa shape index (κ2) is 10.5. The minimum absolute atomic E-state index is 1.14. The number of hydrogen-bond acceptors (Lipinski definition) is 1. The van der Waals surface area contributed by atoms with Crippen molar-refractivity contribution in [2.75, 3.05) is 4.90 Å². The number of hydrogen-bond donors (Lipinski definition) is 0. The van der Waals surface area contributed by atoms with Crippen LogP contribution in [0.3, 0.4) is 0 Å². The Balaban J connectivity index is 1.39. The van der Waals surface area contributed by atoms with Gasteiger partial charge in [0.1, 0.15) is 0 Å². The van der Waals surface area contributed by atoms with Crippen molar-refractivity contribution in [1.82, 2.24) is 0 Å². The van der Waals surface area contributed by atoms with Crippen molar-refractivity contribution in [3.63, 3.8) is 0 Å². The van der Waals surface area contributed by atoms with Crippen LogP contribution in [0.5, 0.6) is 0 Å². The molecule has 5 aromatic carbocycles. The van der Waals surface area contributed by atoms with Crippen molar-refractivity contribution in [1.29, 1.82) is 0 Å². The number of benzene rings is 5. The number of nitrogens with zero attached hydrogens (tertiary/aromatic N) is 1. The van der Waals surface area contributed by atoms with Crippen molar-refractivity contribution in [3.8, 4) is 11.1 Å². The van der Waals surface area contributed by atoms with Gasteiger partial charge in [0, 0.05) is 17.1 Å². The van der Waals surface area contributed by atoms with Crippen molar-refractivity contribution in [3.05, 3.63) is 149 Å². The van der Waals surface area contributed by atoms with Crippen LogP contribution >= 0.6 is 0 Å². The van der Waals surface area contributed by atoms with Crippen LogP contribution < -0.4 is 4.90 Å². The quantitative estimate of drug-likeness (QED) is 0.226. The number of rotatable bonds is 6. The topological polar surface area (TPSA) is 3.24 Å². The Bertz CT molecular complexity index is 1390. The minimum atomic E-state index is 1.14. The third-order valence-electron chi connectivity index (χ3n) is 6.50. The lowest BCUT2D eigenvalue weighted by atomic mass is 10.0. The molecule has 0 aliphatic carbocycles. The molecule has 0 fully saturated rings. The monoisotopic (exact) mass is 465 g/mol. The van der Waals surface area contributed by atoms with E-state index in [1.54, 1.807) is 0 Å². The van der Waals surface area contributed by atoms with E-state index in [1.165, 1.54) is 38.9 Å². The average Bonchev–Trinajstić information content (AvgIpc) is 2.91. The zero-order chi connectivity index (χ0) is 24.9. The summed E-state index contributed by atoms with van der Waals surface area (Å²) in [7, 11) is 0. The van der Waals surface area contributed by atoms with Gasteiger partial charge in [0.25, 0.3) is 0 Å². The molecule has 0 saturated heterocycles. The van der Waals surface area contributed by atoms with Crippen molar-refractivity contribution >= 4 is 29.2 Å². The SMILES string of the molecule is Cc1ccc(/C=C/c2ccc(-c3ccc(N(c4ccc(C)cc4)c4ccc(C)cc4)cc3)cc2)cc1. The molecule has 1 nitrogen and oxygen atoms in total.